The van der Waals surface area contributed by atoms with E-state index in [4.69, 9.17) is 4.42 Å². The van der Waals surface area contributed by atoms with Crippen molar-refractivity contribution in [1.29, 1.82) is 0 Å². The highest BCUT2D eigenvalue weighted by Crippen LogP contribution is 2.16. The molecule has 0 spiro atoms. The van der Waals surface area contributed by atoms with E-state index in [0.29, 0.717) is 6.54 Å². The molecular weight excluding hydrogens is 250 g/mol. The van der Waals surface area contributed by atoms with Crippen LogP contribution < -0.4 is 5.32 Å². The molecule has 2 aromatic heterocycles. The Hall–Kier alpha value is -1.55. The summed E-state index contributed by atoms with van der Waals surface area (Å²) in [6.07, 6.45) is 2.17. The van der Waals surface area contributed by atoms with E-state index >= 15 is 0 Å². The van der Waals surface area contributed by atoms with Crippen molar-refractivity contribution >= 4 is 0 Å². The highest BCUT2D eigenvalue weighted by atomic mass is 16.3. The van der Waals surface area contributed by atoms with Gasteiger partial charge in [-0.25, -0.2) is 0 Å². The molecule has 0 atom stereocenters. The third-order valence-electron chi connectivity index (χ3n) is 3.63. The van der Waals surface area contributed by atoms with Crippen LogP contribution in [0.1, 0.15) is 48.7 Å². The average Bonchev–Trinajstić information content (AvgIpc) is 2.96. The Kier molecular flexibility index (Phi) is 5.01. The molecular formula is C16H25N3O. The first-order valence-electron chi connectivity index (χ1n) is 7.46. The SMILES string of the molecule is CCCNCc1ccc(Cn2nc(C)c(CC)c2C)o1. The summed E-state index contributed by atoms with van der Waals surface area (Å²) in [7, 11) is 0. The summed E-state index contributed by atoms with van der Waals surface area (Å²) in [5.74, 6) is 1.96. The van der Waals surface area contributed by atoms with Crippen LogP contribution in [0.4, 0.5) is 0 Å². The number of rotatable bonds is 7. The van der Waals surface area contributed by atoms with E-state index in [1.54, 1.807) is 0 Å². The molecule has 0 saturated carbocycles. The molecule has 1 N–H and O–H groups in total. The first-order valence-corrected chi connectivity index (χ1v) is 7.46. The lowest BCUT2D eigenvalue weighted by molar-refractivity contribution is 0.428. The van der Waals surface area contributed by atoms with Crippen molar-refractivity contribution in [2.45, 2.75) is 53.6 Å². The van der Waals surface area contributed by atoms with Gasteiger partial charge in [0.25, 0.3) is 0 Å². The maximum atomic E-state index is 5.85. The minimum atomic E-state index is 0.709. The number of nitrogens with one attached hydrogen (secondary N) is 1. The zero-order chi connectivity index (χ0) is 14.5. The van der Waals surface area contributed by atoms with Gasteiger partial charge in [-0.3, -0.25) is 4.68 Å². The molecule has 4 nitrogen and oxygen atoms in total. The molecule has 0 unspecified atom stereocenters. The van der Waals surface area contributed by atoms with Crippen LogP contribution in [0.25, 0.3) is 0 Å². The Morgan fingerprint density at radius 2 is 1.95 bits per heavy atom. The number of hydrogen-bond acceptors (Lipinski definition) is 3. The van der Waals surface area contributed by atoms with Crippen molar-refractivity contribution in [2.75, 3.05) is 6.54 Å². The van der Waals surface area contributed by atoms with Gasteiger partial charge in [-0.05, 0) is 50.9 Å². The minimum absolute atomic E-state index is 0.709. The topological polar surface area (TPSA) is 43.0 Å². The molecule has 110 valence electrons. The highest BCUT2D eigenvalue weighted by Gasteiger charge is 2.11. The summed E-state index contributed by atoms with van der Waals surface area (Å²) in [5.41, 5.74) is 3.72. The van der Waals surface area contributed by atoms with E-state index in [1.165, 1.54) is 11.3 Å². The molecule has 0 fully saturated rings. The molecule has 20 heavy (non-hydrogen) atoms. The van der Waals surface area contributed by atoms with Crippen LogP contribution >= 0.6 is 0 Å². The van der Waals surface area contributed by atoms with Gasteiger partial charge >= 0.3 is 0 Å². The largest absolute Gasteiger partial charge is 0.463 e. The summed E-state index contributed by atoms with van der Waals surface area (Å²) in [6.45, 7) is 11.1. The third kappa shape index (κ3) is 3.31. The second kappa shape index (κ2) is 6.75. The van der Waals surface area contributed by atoms with E-state index in [0.717, 1.165) is 43.1 Å². The fourth-order valence-corrected chi connectivity index (χ4v) is 2.54. The smallest absolute Gasteiger partial charge is 0.125 e. The maximum Gasteiger partial charge on any atom is 0.125 e. The van der Waals surface area contributed by atoms with Crippen LogP contribution in [0.2, 0.25) is 0 Å². The maximum absolute atomic E-state index is 5.85. The van der Waals surface area contributed by atoms with Crippen LogP contribution in [0.15, 0.2) is 16.5 Å². The fraction of sp³-hybridized carbons (Fsp3) is 0.562. The summed E-state index contributed by atoms with van der Waals surface area (Å²) in [6, 6.07) is 4.09. The quantitative estimate of drug-likeness (QED) is 0.789. The first-order chi connectivity index (χ1) is 9.65. The summed E-state index contributed by atoms with van der Waals surface area (Å²) >= 11 is 0. The monoisotopic (exact) mass is 275 g/mol. The van der Waals surface area contributed by atoms with Gasteiger partial charge in [0, 0.05) is 5.69 Å². The number of furan rings is 1. The van der Waals surface area contributed by atoms with Crippen molar-refractivity contribution in [2.24, 2.45) is 0 Å². The molecule has 4 heteroatoms. The predicted molar refractivity (Wildman–Crippen MR) is 80.9 cm³/mol. The van der Waals surface area contributed by atoms with Crippen molar-refractivity contribution in [3.63, 3.8) is 0 Å². The molecule has 0 aliphatic rings. The highest BCUT2D eigenvalue weighted by molar-refractivity contribution is 5.24. The van der Waals surface area contributed by atoms with Gasteiger partial charge in [-0.2, -0.15) is 5.10 Å². The third-order valence-corrected chi connectivity index (χ3v) is 3.63. The molecule has 0 aromatic carbocycles. The molecule has 2 aromatic rings. The lowest BCUT2D eigenvalue weighted by atomic mass is 10.1. The fourth-order valence-electron chi connectivity index (χ4n) is 2.54. The lowest BCUT2D eigenvalue weighted by Crippen LogP contribution is -2.13. The van der Waals surface area contributed by atoms with Crippen molar-refractivity contribution in [1.82, 2.24) is 15.1 Å². The average molecular weight is 275 g/mol. The van der Waals surface area contributed by atoms with E-state index in [9.17, 15) is 0 Å². The van der Waals surface area contributed by atoms with Crippen molar-refractivity contribution in [3.05, 3.63) is 40.6 Å². The van der Waals surface area contributed by atoms with Gasteiger partial charge in [0.15, 0.2) is 0 Å². The van der Waals surface area contributed by atoms with Gasteiger partial charge < -0.3 is 9.73 Å². The molecule has 0 radical (unpaired) electrons. The Morgan fingerprint density at radius 3 is 2.60 bits per heavy atom. The van der Waals surface area contributed by atoms with Gasteiger partial charge in [-0.15, -0.1) is 0 Å². The molecule has 0 aliphatic heterocycles. The molecule has 0 bridgehead atoms. The van der Waals surface area contributed by atoms with Crippen LogP contribution in [-0.2, 0) is 19.5 Å². The molecule has 0 aliphatic carbocycles. The summed E-state index contributed by atoms with van der Waals surface area (Å²) < 4.78 is 7.89. The van der Waals surface area contributed by atoms with Gasteiger partial charge in [0.1, 0.15) is 11.5 Å². The summed E-state index contributed by atoms with van der Waals surface area (Å²) in [5, 5.41) is 7.95. The van der Waals surface area contributed by atoms with Crippen molar-refractivity contribution in [3.8, 4) is 0 Å². The number of aromatic nitrogens is 2. The van der Waals surface area contributed by atoms with Crippen LogP contribution in [0.5, 0.6) is 0 Å². The Labute approximate surface area is 121 Å². The van der Waals surface area contributed by atoms with E-state index < -0.39 is 0 Å². The number of nitrogens with zero attached hydrogens (tertiary/aromatic N) is 2. The van der Waals surface area contributed by atoms with Gasteiger partial charge in [-0.1, -0.05) is 13.8 Å². The molecule has 0 saturated heterocycles. The zero-order valence-electron chi connectivity index (χ0n) is 13.0. The normalized spacial score (nSPS) is 11.2. The predicted octanol–water partition coefficient (Wildman–Crippen LogP) is 3.20. The van der Waals surface area contributed by atoms with Crippen molar-refractivity contribution < 1.29 is 4.42 Å². The molecule has 2 rings (SSSR count). The Balaban J connectivity index is 2.03. The lowest BCUT2D eigenvalue weighted by Gasteiger charge is -2.03. The first kappa shape index (κ1) is 14.9. The summed E-state index contributed by atoms with van der Waals surface area (Å²) in [4.78, 5) is 0. The Morgan fingerprint density at radius 1 is 1.20 bits per heavy atom. The van der Waals surface area contributed by atoms with E-state index in [1.807, 2.05) is 16.8 Å². The molecule has 2 heterocycles. The van der Waals surface area contributed by atoms with E-state index in [-0.39, 0.29) is 0 Å². The molecule has 0 amide bonds. The van der Waals surface area contributed by atoms with Crippen LogP contribution in [0, 0.1) is 13.8 Å². The number of aryl methyl sites for hydroxylation is 1. The Bertz CT molecular complexity index is 554. The van der Waals surface area contributed by atoms with Gasteiger partial charge in [0.2, 0.25) is 0 Å². The zero-order valence-corrected chi connectivity index (χ0v) is 13.0. The number of hydrogen-bond donors (Lipinski definition) is 1. The second-order valence-electron chi connectivity index (χ2n) is 5.21. The van der Waals surface area contributed by atoms with Gasteiger partial charge in [0.05, 0.1) is 18.8 Å². The van der Waals surface area contributed by atoms with Crippen LogP contribution in [0.3, 0.4) is 0 Å². The standard InChI is InChI=1S/C16H25N3O/c1-5-9-17-10-14-7-8-15(20-14)11-19-13(4)16(6-2)12(3)18-19/h7-8,17H,5-6,9-11H2,1-4H3. The van der Waals surface area contributed by atoms with E-state index in [2.05, 4.69) is 38.1 Å². The minimum Gasteiger partial charge on any atom is -0.463 e. The second-order valence-corrected chi connectivity index (χ2v) is 5.21. The van der Waals surface area contributed by atoms with Crippen LogP contribution in [-0.4, -0.2) is 16.3 Å².